The lowest BCUT2D eigenvalue weighted by atomic mass is 10.0. The van der Waals surface area contributed by atoms with Crippen molar-refractivity contribution in [3.8, 4) is 22.3 Å². The molecular formula is C27H30N6O4S2. The number of benzene rings is 2. The maximum Gasteiger partial charge on any atom is 0.238 e. The lowest BCUT2D eigenvalue weighted by molar-refractivity contribution is 0.422. The van der Waals surface area contributed by atoms with Gasteiger partial charge >= 0.3 is 0 Å². The lowest BCUT2D eigenvalue weighted by Crippen LogP contribution is -2.44. The van der Waals surface area contributed by atoms with Crippen molar-refractivity contribution in [2.45, 2.75) is 23.8 Å². The summed E-state index contributed by atoms with van der Waals surface area (Å²) in [6.07, 6.45) is 8.16. The molecule has 0 unspecified atom stereocenters. The zero-order valence-electron chi connectivity index (χ0n) is 21.5. The first kappa shape index (κ1) is 27.1. The van der Waals surface area contributed by atoms with Gasteiger partial charge in [0.25, 0.3) is 0 Å². The first-order valence-corrected chi connectivity index (χ1v) is 16.2. The molecule has 1 aliphatic heterocycles. The van der Waals surface area contributed by atoms with E-state index in [4.69, 9.17) is 10.1 Å². The van der Waals surface area contributed by atoms with Gasteiger partial charge in [-0.25, -0.2) is 27.0 Å². The molecule has 2 aromatic heterocycles. The highest BCUT2D eigenvalue weighted by atomic mass is 32.2. The molecule has 3 heterocycles. The predicted molar refractivity (Wildman–Crippen MR) is 153 cm³/mol. The summed E-state index contributed by atoms with van der Waals surface area (Å²) in [5.41, 5.74) is 4.34. The van der Waals surface area contributed by atoms with Gasteiger partial charge in [-0.05, 0) is 42.7 Å². The van der Waals surface area contributed by atoms with Gasteiger partial charge in [0.1, 0.15) is 15.7 Å². The number of rotatable bonds is 8. The van der Waals surface area contributed by atoms with Crippen molar-refractivity contribution in [3.63, 3.8) is 0 Å². The van der Waals surface area contributed by atoms with E-state index in [0.717, 1.165) is 53.9 Å². The predicted octanol–water partition coefficient (Wildman–Crippen LogP) is 2.61. The van der Waals surface area contributed by atoms with Crippen LogP contribution in [-0.4, -0.2) is 69.5 Å². The van der Waals surface area contributed by atoms with Crippen molar-refractivity contribution in [2.75, 3.05) is 36.5 Å². The Bertz CT molecular complexity index is 1720. The van der Waals surface area contributed by atoms with Gasteiger partial charge in [0.15, 0.2) is 0 Å². The fourth-order valence-electron chi connectivity index (χ4n) is 4.79. The number of hydrogen-bond acceptors (Lipinski definition) is 9. The van der Waals surface area contributed by atoms with E-state index in [1.807, 2.05) is 24.3 Å². The molecule has 0 amide bonds. The highest BCUT2D eigenvalue weighted by Crippen LogP contribution is 2.31. The van der Waals surface area contributed by atoms with E-state index in [2.05, 4.69) is 20.2 Å². The molecule has 1 fully saturated rings. The second kappa shape index (κ2) is 11.0. The first-order valence-electron chi connectivity index (χ1n) is 12.6. The Hall–Kier alpha value is -3.45. The molecule has 0 aliphatic carbocycles. The van der Waals surface area contributed by atoms with Crippen LogP contribution in [-0.2, 0) is 19.9 Å². The molecule has 0 bridgehead atoms. The number of hydrogen-bond donors (Lipinski definition) is 2. The Morgan fingerprint density at radius 3 is 2.41 bits per heavy atom. The van der Waals surface area contributed by atoms with Gasteiger partial charge in [-0.15, -0.1) is 0 Å². The molecule has 1 saturated heterocycles. The van der Waals surface area contributed by atoms with Crippen molar-refractivity contribution < 1.29 is 16.8 Å². The van der Waals surface area contributed by atoms with Gasteiger partial charge in [-0.1, -0.05) is 24.3 Å². The molecule has 2 aromatic carbocycles. The van der Waals surface area contributed by atoms with Crippen molar-refractivity contribution in [3.05, 3.63) is 67.1 Å². The summed E-state index contributed by atoms with van der Waals surface area (Å²) in [5, 5.41) is 8.78. The van der Waals surface area contributed by atoms with Crippen molar-refractivity contribution in [2.24, 2.45) is 5.14 Å². The van der Waals surface area contributed by atoms with Crippen LogP contribution < -0.4 is 15.4 Å². The van der Waals surface area contributed by atoms with Gasteiger partial charge < -0.3 is 10.2 Å². The van der Waals surface area contributed by atoms with E-state index in [-0.39, 0.29) is 16.7 Å². The van der Waals surface area contributed by atoms with Crippen LogP contribution in [0.3, 0.4) is 0 Å². The fraction of sp³-hybridized carbons (Fsp3) is 0.296. The summed E-state index contributed by atoms with van der Waals surface area (Å²) in [6, 6.07) is 14.6. The smallest absolute Gasteiger partial charge is 0.238 e. The average molecular weight is 567 g/mol. The van der Waals surface area contributed by atoms with Crippen LogP contribution in [0.2, 0.25) is 0 Å². The summed E-state index contributed by atoms with van der Waals surface area (Å²) >= 11 is 0. The van der Waals surface area contributed by atoms with Crippen LogP contribution in [0.5, 0.6) is 0 Å². The molecule has 39 heavy (non-hydrogen) atoms. The highest BCUT2D eigenvalue weighted by Gasteiger charge is 2.21. The zero-order valence-corrected chi connectivity index (χ0v) is 23.1. The third-order valence-corrected chi connectivity index (χ3v) is 8.75. The largest absolute Gasteiger partial charge is 0.355 e. The van der Waals surface area contributed by atoms with Crippen molar-refractivity contribution in [1.82, 2.24) is 20.3 Å². The summed E-state index contributed by atoms with van der Waals surface area (Å²) in [7, 11) is -6.87. The summed E-state index contributed by atoms with van der Waals surface area (Å²) in [4.78, 5) is 16.1. The van der Waals surface area contributed by atoms with Gasteiger partial charge in [-0.3, -0.25) is 9.97 Å². The number of anilines is 1. The minimum Gasteiger partial charge on any atom is -0.355 e. The van der Waals surface area contributed by atoms with E-state index in [9.17, 15) is 16.8 Å². The Kier molecular flexibility index (Phi) is 7.63. The number of pyridine rings is 1. The number of sulfonamides is 1. The molecular weight excluding hydrogens is 536 g/mol. The molecule has 4 aromatic rings. The number of nitrogens with one attached hydrogen (secondary N) is 1. The number of sulfone groups is 1. The quantitative estimate of drug-likeness (QED) is 0.328. The van der Waals surface area contributed by atoms with Gasteiger partial charge in [0.2, 0.25) is 10.0 Å². The Morgan fingerprint density at radius 2 is 1.67 bits per heavy atom. The third kappa shape index (κ3) is 6.59. The molecule has 0 spiro atoms. The van der Waals surface area contributed by atoms with E-state index in [1.165, 1.54) is 12.3 Å². The average Bonchev–Trinajstić information content (AvgIpc) is 2.92. The minimum atomic E-state index is -3.90. The normalized spacial score (nSPS) is 15.1. The summed E-state index contributed by atoms with van der Waals surface area (Å²) < 4.78 is 46.9. The molecule has 5 rings (SSSR count). The molecule has 204 valence electrons. The summed E-state index contributed by atoms with van der Waals surface area (Å²) in [6.45, 7) is 2.06. The van der Waals surface area contributed by atoms with E-state index >= 15 is 0 Å². The first-order chi connectivity index (χ1) is 18.6. The van der Waals surface area contributed by atoms with Gasteiger partial charge in [0, 0.05) is 61.0 Å². The summed E-state index contributed by atoms with van der Waals surface area (Å²) in [5.74, 6) is 0.936. The van der Waals surface area contributed by atoms with Crippen LogP contribution in [0.1, 0.15) is 12.8 Å². The number of fused-ring (bicyclic) bond motifs is 1. The molecule has 0 saturated carbocycles. The van der Waals surface area contributed by atoms with E-state index in [1.54, 1.807) is 36.8 Å². The maximum absolute atomic E-state index is 12.1. The molecule has 1 aliphatic rings. The zero-order chi connectivity index (χ0) is 27.6. The molecule has 3 N–H and O–H groups in total. The molecule has 0 atom stereocenters. The lowest BCUT2D eigenvalue weighted by Gasteiger charge is -2.33. The third-order valence-electron chi connectivity index (χ3n) is 6.83. The Labute approximate surface area is 228 Å². The van der Waals surface area contributed by atoms with E-state index in [0.29, 0.717) is 17.7 Å². The maximum atomic E-state index is 12.1. The second-order valence-electron chi connectivity index (χ2n) is 9.78. The number of aromatic nitrogens is 3. The monoisotopic (exact) mass is 566 g/mol. The van der Waals surface area contributed by atoms with Gasteiger partial charge in [0.05, 0.1) is 27.9 Å². The van der Waals surface area contributed by atoms with Crippen molar-refractivity contribution in [1.29, 1.82) is 0 Å². The molecule has 0 radical (unpaired) electrons. The standard InChI is InChI=1S/C27H30N6O4S2/c1-38(34,35)13-10-30-22-8-11-33(12-9-22)27-18-31-24-7-6-19(15-25(24)32-27)20-14-21(17-29-16-20)23-4-2-3-5-26(23)39(28,36)37/h2-7,14-18,22,30H,8-13H2,1H3,(H2,28,36,37). The number of primary sulfonamides is 1. The number of nitrogens with zero attached hydrogens (tertiary/aromatic N) is 4. The van der Waals surface area contributed by atoms with Crippen LogP contribution in [0, 0.1) is 0 Å². The van der Waals surface area contributed by atoms with Crippen molar-refractivity contribution >= 4 is 36.7 Å². The SMILES string of the molecule is CS(=O)(=O)CCNC1CCN(c2cnc3ccc(-c4cncc(-c5ccccc5S(N)(=O)=O)c4)cc3n2)CC1. The van der Waals surface area contributed by atoms with Crippen LogP contribution >= 0.6 is 0 Å². The van der Waals surface area contributed by atoms with Crippen LogP contribution in [0.15, 0.2) is 72.0 Å². The Balaban J connectivity index is 1.35. The van der Waals surface area contributed by atoms with E-state index < -0.39 is 19.9 Å². The fourth-order valence-corrected chi connectivity index (χ4v) is 6.04. The van der Waals surface area contributed by atoms with Crippen LogP contribution in [0.25, 0.3) is 33.3 Å². The van der Waals surface area contributed by atoms with Crippen LogP contribution in [0.4, 0.5) is 5.82 Å². The second-order valence-corrected chi connectivity index (χ2v) is 13.6. The van der Waals surface area contributed by atoms with Gasteiger partial charge in [-0.2, -0.15) is 0 Å². The number of nitrogens with two attached hydrogens (primary N) is 1. The number of piperidine rings is 1. The topological polar surface area (TPSA) is 148 Å². The Morgan fingerprint density at radius 1 is 0.923 bits per heavy atom. The minimum absolute atomic E-state index is 0.0485. The molecule has 10 nitrogen and oxygen atoms in total. The molecule has 12 heteroatoms. The highest BCUT2D eigenvalue weighted by molar-refractivity contribution is 7.90.